The van der Waals surface area contributed by atoms with Crippen LogP contribution in [0.3, 0.4) is 0 Å². The van der Waals surface area contributed by atoms with Gasteiger partial charge < -0.3 is 5.48 Å². The fourth-order valence-corrected chi connectivity index (χ4v) is 2.52. The van der Waals surface area contributed by atoms with Crippen LogP contribution in [0.25, 0.3) is 0 Å². The quantitative estimate of drug-likeness (QED) is 0.923. The molecule has 3 rings (SSSR count). The van der Waals surface area contributed by atoms with E-state index in [9.17, 15) is 18.0 Å². The first-order valence-electron chi connectivity index (χ1n) is 6.76. The minimum atomic E-state index is -4.36. The van der Waals surface area contributed by atoms with Crippen LogP contribution in [0.15, 0.2) is 54.6 Å². The molecule has 0 aliphatic carbocycles. The predicted octanol–water partition coefficient (Wildman–Crippen LogP) is 2.86. The second-order valence-electron chi connectivity index (χ2n) is 5.08. The summed E-state index contributed by atoms with van der Waals surface area (Å²) in [7, 11) is 0. The van der Waals surface area contributed by atoms with E-state index in [0.29, 0.717) is 5.56 Å². The molecule has 1 unspecified atom stereocenters. The third-order valence-electron chi connectivity index (χ3n) is 3.59. The van der Waals surface area contributed by atoms with Crippen molar-refractivity contribution in [3.63, 3.8) is 0 Å². The van der Waals surface area contributed by atoms with Gasteiger partial charge in [-0.1, -0.05) is 30.3 Å². The molecule has 2 aromatic rings. The number of carbonyl (C=O) groups excluding carboxylic acids is 1. The zero-order valence-corrected chi connectivity index (χ0v) is 12.0. The largest absolute Gasteiger partial charge is 0.416 e. The summed E-state index contributed by atoms with van der Waals surface area (Å²) >= 11 is 0. The topological polar surface area (TPSA) is 63.8 Å². The normalized spacial score (nSPS) is 17.6. The van der Waals surface area contributed by atoms with Crippen molar-refractivity contribution in [1.29, 1.82) is 0 Å². The Hall–Kier alpha value is -2.54. The van der Waals surface area contributed by atoms with Gasteiger partial charge >= 0.3 is 6.18 Å². The van der Waals surface area contributed by atoms with Gasteiger partial charge in [0.25, 0.3) is 0 Å². The van der Waals surface area contributed by atoms with E-state index in [4.69, 9.17) is 0 Å². The average molecular weight is 324 g/mol. The number of amides is 1. The third kappa shape index (κ3) is 3.45. The maximum Gasteiger partial charge on any atom is 0.416 e. The number of rotatable bonds is 2. The van der Waals surface area contributed by atoms with Gasteiger partial charge in [0, 0.05) is 0 Å². The molecule has 1 aliphatic rings. The number of benzene rings is 2. The van der Waals surface area contributed by atoms with Crippen LogP contribution in [0.5, 0.6) is 0 Å². The lowest BCUT2D eigenvalue weighted by Gasteiger charge is -2.26. The Labute approximate surface area is 130 Å². The van der Waals surface area contributed by atoms with E-state index < -0.39 is 11.7 Å². The summed E-state index contributed by atoms with van der Waals surface area (Å²) in [5.41, 5.74) is 3.49. The van der Waals surface area contributed by atoms with Gasteiger partial charge in [0.1, 0.15) is 0 Å². The number of carbonyl (C=O) groups is 1. The molecule has 1 heterocycles. The highest BCUT2D eigenvalue weighted by Crippen LogP contribution is 2.34. The number of halogens is 3. The first-order valence-corrected chi connectivity index (χ1v) is 6.76. The van der Waals surface area contributed by atoms with Gasteiger partial charge in [0.15, 0.2) is 0 Å². The molecule has 1 atom stereocenters. The summed E-state index contributed by atoms with van der Waals surface area (Å²) in [6.45, 7) is 0. The SMILES string of the molecule is O.O=C1CC(c2ccc(C(F)(F)F)cc2)N(c2ccccc2)N1. The lowest BCUT2D eigenvalue weighted by molar-refractivity contribution is -0.137. The van der Waals surface area contributed by atoms with E-state index in [-0.39, 0.29) is 23.8 Å². The van der Waals surface area contributed by atoms with Gasteiger partial charge in [-0.2, -0.15) is 13.2 Å². The van der Waals surface area contributed by atoms with Crippen molar-refractivity contribution in [3.05, 3.63) is 65.7 Å². The Morgan fingerprint density at radius 2 is 1.61 bits per heavy atom. The van der Waals surface area contributed by atoms with E-state index >= 15 is 0 Å². The van der Waals surface area contributed by atoms with Gasteiger partial charge in [-0.05, 0) is 29.8 Å². The Kier molecular flexibility index (Phi) is 4.60. The molecule has 2 aromatic carbocycles. The van der Waals surface area contributed by atoms with Crippen LogP contribution in [0.2, 0.25) is 0 Å². The van der Waals surface area contributed by atoms with Crippen molar-refractivity contribution in [1.82, 2.24) is 5.43 Å². The molecule has 4 nitrogen and oxygen atoms in total. The van der Waals surface area contributed by atoms with E-state index in [1.54, 1.807) is 5.01 Å². The number of hydrazine groups is 1. The highest BCUT2D eigenvalue weighted by atomic mass is 19.4. The minimum Gasteiger partial charge on any atom is -0.412 e. The summed E-state index contributed by atoms with van der Waals surface area (Å²) < 4.78 is 37.9. The van der Waals surface area contributed by atoms with Crippen molar-refractivity contribution in [2.45, 2.75) is 18.6 Å². The minimum absolute atomic E-state index is 0. The highest BCUT2D eigenvalue weighted by molar-refractivity contribution is 5.83. The zero-order valence-electron chi connectivity index (χ0n) is 12.0. The number of nitrogens with zero attached hydrogens (tertiary/aromatic N) is 1. The molecule has 3 N–H and O–H groups in total. The molecule has 1 saturated heterocycles. The van der Waals surface area contributed by atoms with E-state index in [0.717, 1.165) is 17.8 Å². The third-order valence-corrected chi connectivity index (χ3v) is 3.59. The summed E-state index contributed by atoms with van der Waals surface area (Å²) in [6.07, 6.45) is -4.15. The summed E-state index contributed by atoms with van der Waals surface area (Å²) in [5, 5.41) is 1.69. The van der Waals surface area contributed by atoms with Crippen LogP contribution in [0.4, 0.5) is 18.9 Å². The Balaban J connectivity index is 0.00000192. The fraction of sp³-hybridized carbons (Fsp3) is 0.188. The van der Waals surface area contributed by atoms with Gasteiger partial charge in [-0.3, -0.25) is 15.2 Å². The van der Waals surface area contributed by atoms with Crippen molar-refractivity contribution in [2.24, 2.45) is 0 Å². The number of hydrogen-bond donors (Lipinski definition) is 1. The van der Waals surface area contributed by atoms with Crippen molar-refractivity contribution >= 4 is 11.6 Å². The molecule has 0 radical (unpaired) electrons. The lowest BCUT2D eigenvalue weighted by atomic mass is 10.0. The smallest absolute Gasteiger partial charge is 0.412 e. The van der Waals surface area contributed by atoms with Gasteiger partial charge in [0.2, 0.25) is 5.91 Å². The standard InChI is InChI=1S/C16H13F3N2O.H2O/c17-16(18,19)12-8-6-11(7-9-12)14-10-15(22)20-21(14)13-4-2-1-3-5-13;/h1-9,14H,10H2,(H,20,22);1H2. The van der Waals surface area contributed by atoms with E-state index in [2.05, 4.69) is 5.43 Å². The van der Waals surface area contributed by atoms with Crippen LogP contribution < -0.4 is 10.4 Å². The summed E-state index contributed by atoms with van der Waals surface area (Å²) in [6, 6.07) is 13.8. The van der Waals surface area contributed by atoms with Crippen molar-refractivity contribution in [2.75, 3.05) is 5.01 Å². The zero-order chi connectivity index (χ0) is 15.7. The van der Waals surface area contributed by atoms with Gasteiger partial charge in [-0.15, -0.1) is 0 Å². The second-order valence-corrected chi connectivity index (χ2v) is 5.08. The van der Waals surface area contributed by atoms with Crippen LogP contribution >= 0.6 is 0 Å². The van der Waals surface area contributed by atoms with E-state index in [1.165, 1.54) is 12.1 Å². The Bertz CT molecular complexity index is 672. The molecule has 7 heteroatoms. The van der Waals surface area contributed by atoms with Crippen LogP contribution in [-0.4, -0.2) is 11.4 Å². The molecule has 1 fully saturated rings. The Morgan fingerprint density at radius 3 is 2.17 bits per heavy atom. The molecular weight excluding hydrogens is 309 g/mol. The second kappa shape index (κ2) is 6.29. The number of nitrogens with one attached hydrogen (secondary N) is 1. The average Bonchev–Trinajstić information content (AvgIpc) is 2.89. The number of para-hydroxylation sites is 1. The van der Waals surface area contributed by atoms with Crippen molar-refractivity contribution < 1.29 is 23.4 Å². The fourth-order valence-electron chi connectivity index (χ4n) is 2.52. The summed E-state index contributed by atoms with van der Waals surface area (Å²) in [4.78, 5) is 11.7. The molecule has 0 saturated carbocycles. The van der Waals surface area contributed by atoms with Gasteiger partial charge in [-0.25, -0.2) is 0 Å². The van der Waals surface area contributed by atoms with Crippen LogP contribution in [0.1, 0.15) is 23.6 Å². The Morgan fingerprint density at radius 1 is 1.00 bits per heavy atom. The molecule has 0 spiro atoms. The predicted molar refractivity (Wildman–Crippen MR) is 79.5 cm³/mol. The first-order chi connectivity index (χ1) is 10.4. The number of hydrogen-bond acceptors (Lipinski definition) is 2. The molecule has 23 heavy (non-hydrogen) atoms. The highest BCUT2D eigenvalue weighted by Gasteiger charge is 2.33. The monoisotopic (exact) mass is 324 g/mol. The maximum atomic E-state index is 12.6. The van der Waals surface area contributed by atoms with Crippen molar-refractivity contribution in [3.8, 4) is 0 Å². The molecule has 1 aliphatic heterocycles. The maximum absolute atomic E-state index is 12.6. The van der Waals surface area contributed by atoms with Crippen LogP contribution in [0, 0.1) is 0 Å². The number of alkyl halides is 3. The first kappa shape index (κ1) is 16.8. The number of anilines is 1. The molecular formula is C16H15F3N2O2. The molecule has 0 aromatic heterocycles. The summed E-state index contributed by atoms with van der Waals surface area (Å²) in [5.74, 6) is -0.159. The molecule has 122 valence electrons. The molecule has 1 amide bonds. The van der Waals surface area contributed by atoms with E-state index in [1.807, 2.05) is 30.3 Å². The molecule has 0 bridgehead atoms. The van der Waals surface area contributed by atoms with Crippen LogP contribution in [-0.2, 0) is 11.0 Å². The van der Waals surface area contributed by atoms with Gasteiger partial charge in [0.05, 0.1) is 23.7 Å². The lowest BCUT2D eigenvalue weighted by Crippen LogP contribution is -2.34.